The van der Waals surface area contributed by atoms with E-state index in [1.807, 2.05) is 6.92 Å². The normalized spacial score (nSPS) is 10.3. The van der Waals surface area contributed by atoms with Crippen molar-refractivity contribution in [2.24, 2.45) is 0 Å². The molecule has 1 aromatic carbocycles. The van der Waals surface area contributed by atoms with E-state index in [1.54, 1.807) is 43.6 Å². The molecule has 0 fully saturated rings. The summed E-state index contributed by atoms with van der Waals surface area (Å²) in [6.45, 7) is 3.97. The predicted octanol–water partition coefficient (Wildman–Crippen LogP) is 3.20. The lowest BCUT2D eigenvalue weighted by Gasteiger charge is -2.21. The van der Waals surface area contributed by atoms with Gasteiger partial charge in [0.1, 0.15) is 5.82 Å². The Hall–Kier alpha value is -2.23. The van der Waals surface area contributed by atoms with Crippen molar-refractivity contribution in [3.05, 3.63) is 59.7 Å². The number of hydrogen-bond acceptors (Lipinski definition) is 2. The molecule has 2 rings (SSSR count). The summed E-state index contributed by atoms with van der Waals surface area (Å²) >= 11 is 0. The molecule has 0 unspecified atom stereocenters. The van der Waals surface area contributed by atoms with Crippen molar-refractivity contribution in [1.82, 2.24) is 4.98 Å². The van der Waals surface area contributed by atoms with Crippen molar-refractivity contribution in [1.29, 1.82) is 0 Å². The van der Waals surface area contributed by atoms with Crippen LogP contribution in [0, 0.1) is 12.7 Å². The van der Waals surface area contributed by atoms with Gasteiger partial charge in [0.2, 0.25) is 0 Å². The minimum absolute atomic E-state index is 0.0960. The van der Waals surface area contributed by atoms with Gasteiger partial charge in [-0.05, 0) is 37.6 Å². The number of carbonyl (C=O) groups is 1. The minimum atomic E-state index is -0.458. The first kappa shape index (κ1) is 13.2. The maximum atomic E-state index is 14.0. The van der Waals surface area contributed by atoms with Crippen LogP contribution in [0.15, 0.2) is 42.7 Å². The van der Waals surface area contributed by atoms with Crippen LogP contribution in [0.5, 0.6) is 0 Å². The smallest absolute Gasteiger partial charge is 0.261 e. The zero-order valence-electron chi connectivity index (χ0n) is 10.9. The molecule has 1 amide bonds. The summed E-state index contributed by atoms with van der Waals surface area (Å²) < 4.78 is 14.0. The number of halogens is 1. The van der Waals surface area contributed by atoms with E-state index in [1.165, 1.54) is 11.0 Å². The van der Waals surface area contributed by atoms with Crippen LogP contribution < -0.4 is 4.90 Å². The van der Waals surface area contributed by atoms with Gasteiger partial charge in [0.25, 0.3) is 5.91 Å². The molecule has 0 N–H and O–H groups in total. The molecule has 2 aromatic rings. The second kappa shape index (κ2) is 5.61. The van der Waals surface area contributed by atoms with E-state index in [0.29, 0.717) is 17.8 Å². The van der Waals surface area contributed by atoms with E-state index in [4.69, 9.17) is 0 Å². The lowest BCUT2D eigenvalue weighted by Crippen LogP contribution is -2.31. The lowest BCUT2D eigenvalue weighted by molar-refractivity contribution is 0.0984. The van der Waals surface area contributed by atoms with Gasteiger partial charge in [0, 0.05) is 24.6 Å². The van der Waals surface area contributed by atoms with Gasteiger partial charge in [-0.2, -0.15) is 0 Å². The highest BCUT2D eigenvalue weighted by atomic mass is 19.1. The number of nitrogens with zero attached hydrogens (tertiary/aromatic N) is 2. The quantitative estimate of drug-likeness (QED) is 0.847. The molecule has 0 radical (unpaired) electrons. The van der Waals surface area contributed by atoms with Crippen molar-refractivity contribution in [2.75, 3.05) is 11.4 Å². The molecule has 0 aliphatic carbocycles. The van der Waals surface area contributed by atoms with Crippen molar-refractivity contribution in [2.45, 2.75) is 13.8 Å². The molecule has 0 aliphatic rings. The third kappa shape index (κ3) is 2.62. The van der Waals surface area contributed by atoms with Crippen molar-refractivity contribution in [3.63, 3.8) is 0 Å². The molecule has 3 nitrogen and oxygen atoms in total. The second-order valence-corrected chi connectivity index (χ2v) is 4.19. The molecular weight excluding hydrogens is 243 g/mol. The van der Waals surface area contributed by atoms with Crippen molar-refractivity contribution < 1.29 is 9.18 Å². The van der Waals surface area contributed by atoms with Gasteiger partial charge in [-0.25, -0.2) is 4.39 Å². The fourth-order valence-electron chi connectivity index (χ4n) is 1.93. The zero-order valence-corrected chi connectivity index (χ0v) is 10.9. The monoisotopic (exact) mass is 258 g/mol. The Kier molecular flexibility index (Phi) is 3.90. The molecular formula is C15H15FN2O. The summed E-state index contributed by atoms with van der Waals surface area (Å²) in [5.74, 6) is -0.796. The van der Waals surface area contributed by atoms with E-state index in [9.17, 15) is 9.18 Å². The maximum Gasteiger partial charge on any atom is 0.261 e. The average molecular weight is 258 g/mol. The third-order valence-electron chi connectivity index (χ3n) is 2.96. The molecule has 98 valence electrons. The summed E-state index contributed by atoms with van der Waals surface area (Å²) in [6.07, 6.45) is 3.22. The number of anilines is 1. The summed E-state index contributed by atoms with van der Waals surface area (Å²) in [5, 5.41) is 0. The van der Waals surface area contributed by atoms with Crippen LogP contribution in [-0.4, -0.2) is 17.4 Å². The summed E-state index contributed by atoms with van der Waals surface area (Å²) in [6, 6.07) is 8.31. The van der Waals surface area contributed by atoms with Crippen LogP contribution in [0.1, 0.15) is 22.8 Å². The fraction of sp³-hybridized carbons (Fsp3) is 0.200. The Labute approximate surface area is 111 Å². The summed E-state index contributed by atoms with van der Waals surface area (Å²) in [4.78, 5) is 17.9. The first-order chi connectivity index (χ1) is 9.15. The van der Waals surface area contributed by atoms with Gasteiger partial charge in [0.15, 0.2) is 0 Å². The number of carbonyl (C=O) groups excluding carboxylic acids is 1. The highest BCUT2D eigenvalue weighted by molar-refractivity contribution is 6.06. The second-order valence-electron chi connectivity index (χ2n) is 4.19. The van der Waals surface area contributed by atoms with Crippen LogP contribution in [0.2, 0.25) is 0 Å². The fourth-order valence-corrected chi connectivity index (χ4v) is 1.93. The molecule has 19 heavy (non-hydrogen) atoms. The van der Waals surface area contributed by atoms with Gasteiger partial charge in [0.05, 0.1) is 5.56 Å². The van der Waals surface area contributed by atoms with Gasteiger partial charge >= 0.3 is 0 Å². The summed E-state index contributed by atoms with van der Waals surface area (Å²) in [7, 11) is 0. The molecule has 0 saturated carbocycles. The van der Waals surface area contributed by atoms with Crippen molar-refractivity contribution in [3.8, 4) is 0 Å². The van der Waals surface area contributed by atoms with Gasteiger partial charge < -0.3 is 4.90 Å². The van der Waals surface area contributed by atoms with E-state index in [2.05, 4.69) is 4.98 Å². The Morgan fingerprint density at radius 3 is 2.58 bits per heavy atom. The van der Waals surface area contributed by atoms with Crippen LogP contribution in [0.4, 0.5) is 10.1 Å². The van der Waals surface area contributed by atoms with Crippen molar-refractivity contribution >= 4 is 11.6 Å². The molecule has 0 saturated heterocycles. The molecule has 1 heterocycles. The molecule has 0 atom stereocenters. The molecule has 0 bridgehead atoms. The molecule has 4 heteroatoms. The number of rotatable bonds is 3. The first-order valence-electron chi connectivity index (χ1n) is 6.12. The number of hydrogen-bond donors (Lipinski definition) is 0. The summed E-state index contributed by atoms with van der Waals surface area (Å²) in [5.41, 5.74) is 1.28. The SMILES string of the molecule is CCN(C(=O)c1cccc(C)c1F)c1ccncc1. The van der Waals surface area contributed by atoms with Crippen LogP contribution in [0.3, 0.4) is 0 Å². The Morgan fingerprint density at radius 1 is 1.26 bits per heavy atom. The number of aryl methyl sites for hydroxylation is 1. The topological polar surface area (TPSA) is 33.2 Å². The van der Waals surface area contributed by atoms with Gasteiger partial charge in [-0.3, -0.25) is 9.78 Å². The predicted molar refractivity (Wildman–Crippen MR) is 72.7 cm³/mol. The third-order valence-corrected chi connectivity index (χ3v) is 2.96. The molecule has 1 aromatic heterocycles. The molecule has 0 aliphatic heterocycles. The van der Waals surface area contributed by atoms with Gasteiger partial charge in [-0.15, -0.1) is 0 Å². The van der Waals surface area contributed by atoms with E-state index in [0.717, 1.165) is 0 Å². The first-order valence-corrected chi connectivity index (χ1v) is 6.12. The Balaban J connectivity index is 2.39. The Morgan fingerprint density at radius 2 is 1.95 bits per heavy atom. The largest absolute Gasteiger partial charge is 0.308 e. The lowest BCUT2D eigenvalue weighted by atomic mass is 10.1. The number of benzene rings is 1. The number of pyridine rings is 1. The average Bonchev–Trinajstić information content (AvgIpc) is 2.44. The van der Waals surface area contributed by atoms with Crippen LogP contribution in [0.25, 0.3) is 0 Å². The van der Waals surface area contributed by atoms with Gasteiger partial charge in [-0.1, -0.05) is 12.1 Å². The maximum absolute atomic E-state index is 14.0. The molecule has 0 spiro atoms. The highest BCUT2D eigenvalue weighted by Gasteiger charge is 2.20. The van der Waals surface area contributed by atoms with E-state index < -0.39 is 5.82 Å². The highest BCUT2D eigenvalue weighted by Crippen LogP contribution is 2.19. The standard InChI is InChI=1S/C15H15FN2O/c1-3-18(12-7-9-17-10-8-12)15(19)13-6-4-5-11(2)14(13)16/h4-10H,3H2,1-2H3. The zero-order chi connectivity index (χ0) is 13.8. The van der Waals surface area contributed by atoms with Crippen LogP contribution in [-0.2, 0) is 0 Å². The Bertz CT molecular complexity index is 584. The number of amides is 1. The van der Waals surface area contributed by atoms with E-state index >= 15 is 0 Å². The number of aromatic nitrogens is 1. The van der Waals surface area contributed by atoms with Crippen LogP contribution >= 0.6 is 0 Å². The van der Waals surface area contributed by atoms with E-state index in [-0.39, 0.29) is 11.5 Å². The minimum Gasteiger partial charge on any atom is -0.308 e.